The highest BCUT2D eigenvalue weighted by molar-refractivity contribution is 6.06. The Labute approximate surface area is 248 Å². The number of pyridine rings is 1. The zero-order valence-electron chi connectivity index (χ0n) is 23.3. The van der Waals surface area contributed by atoms with Gasteiger partial charge in [0, 0.05) is 49.1 Å². The summed E-state index contributed by atoms with van der Waals surface area (Å²) in [6.07, 6.45) is -7.96. The van der Waals surface area contributed by atoms with Crippen molar-refractivity contribution < 1.29 is 35.9 Å². The average Bonchev–Trinajstić information content (AvgIpc) is 3.34. The van der Waals surface area contributed by atoms with E-state index < -0.39 is 54.9 Å². The van der Waals surface area contributed by atoms with E-state index in [0.29, 0.717) is 11.3 Å². The van der Waals surface area contributed by atoms with Gasteiger partial charge in [0.2, 0.25) is 12.3 Å². The highest BCUT2D eigenvalue weighted by Crippen LogP contribution is 2.44. The van der Waals surface area contributed by atoms with Crippen molar-refractivity contribution in [2.75, 3.05) is 24.2 Å². The number of H-pyrrole nitrogens is 1. The highest BCUT2D eigenvalue weighted by Gasteiger charge is 2.41. The molecule has 230 valence electrons. The molecule has 0 bridgehead atoms. The molecule has 2 aromatic carbocycles. The third-order valence-electron chi connectivity index (χ3n) is 7.32. The molecule has 2 aromatic heterocycles. The summed E-state index contributed by atoms with van der Waals surface area (Å²) in [6.45, 7) is -0.150. The molecule has 13 heteroatoms. The van der Waals surface area contributed by atoms with Gasteiger partial charge in [0.25, 0.3) is 5.91 Å². The number of carbonyl (C=O) groups is 2. The lowest BCUT2D eigenvalue weighted by Gasteiger charge is -2.30. The number of alkyl halides is 5. The summed E-state index contributed by atoms with van der Waals surface area (Å²) in [5, 5.41) is 5.68. The Balaban J connectivity index is 1.54. The van der Waals surface area contributed by atoms with Gasteiger partial charge >= 0.3 is 6.18 Å². The standard InChI is InChI=1S/C31H27F6N5O2/c1-42-16-19(15-31(35,36)37)26-25(30(42)44)28(39-21-5-3-2-4-6-21)27(41-26)18-11-12-38-24(13-18)40-29(43)22(14-23(33)34)17-7-9-20(32)10-8-17/h2-13,19,22-23,39,41H,14-16H2,1H3,(H,38,40,43). The van der Waals surface area contributed by atoms with E-state index >= 15 is 0 Å². The molecule has 4 aromatic rings. The van der Waals surface area contributed by atoms with E-state index in [-0.39, 0.29) is 40.6 Å². The van der Waals surface area contributed by atoms with Crippen LogP contribution in [0.4, 0.5) is 43.5 Å². The molecule has 7 nitrogen and oxygen atoms in total. The summed E-state index contributed by atoms with van der Waals surface area (Å²) >= 11 is 0. The third-order valence-corrected chi connectivity index (χ3v) is 7.32. The Kier molecular flexibility index (Phi) is 8.66. The number of carbonyl (C=O) groups excluding carboxylic acids is 2. The maximum atomic E-state index is 13.5. The molecule has 2 amide bonds. The van der Waals surface area contributed by atoms with E-state index in [1.54, 1.807) is 30.3 Å². The van der Waals surface area contributed by atoms with Crippen molar-refractivity contribution in [1.29, 1.82) is 0 Å². The van der Waals surface area contributed by atoms with Crippen LogP contribution in [0, 0.1) is 5.82 Å². The van der Waals surface area contributed by atoms with E-state index in [0.717, 1.165) is 12.1 Å². The van der Waals surface area contributed by atoms with E-state index in [1.807, 2.05) is 0 Å². The monoisotopic (exact) mass is 615 g/mol. The number of hydrogen-bond acceptors (Lipinski definition) is 4. The van der Waals surface area contributed by atoms with Gasteiger partial charge in [-0.1, -0.05) is 30.3 Å². The number of benzene rings is 2. The van der Waals surface area contributed by atoms with Gasteiger partial charge in [-0.25, -0.2) is 18.2 Å². The Morgan fingerprint density at radius 2 is 1.80 bits per heavy atom. The van der Waals surface area contributed by atoms with Gasteiger partial charge in [0.1, 0.15) is 11.6 Å². The molecule has 44 heavy (non-hydrogen) atoms. The Morgan fingerprint density at radius 1 is 1.09 bits per heavy atom. The number of hydrogen-bond donors (Lipinski definition) is 3. The molecule has 1 aliphatic rings. The van der Waals surface area contributed by atoms with Crippen LogP contribution in [0.15, 0.2) is 72.9 Å². The van der Waals surface area contributed by atoms with Gasteiger partial charge in [-0.2, -0.15) is 13.2 Å². The number of halogens is 6. The van der Waals surface area contributed by atoms with Gasteiger partial charge in [0.05, 0.1) is 29.3 Å². The van der Waals surface area contributed by atoms with E-state index in [9.17, 15) is 35.9 Å². The number of aromatic nitrogens is 2. The number of anilines is 3. The van der Waals surface area contributed by atoms with Crippen molar-refractivity contribution in [2.45, 2.75) is 37.3 Å². The lowest BCUT2D eigenvalue weighted by molar-refractivity contribution is -0.139. The first-order valence-corrected chi connectivity index (χ1v) is 13.6. The van der Waals surface area contributed by atoms with Crippen molar-refractivity contribution in [3.63, 3.8) is 0 Å². The van der Waals surface area contributed by atoms with Gasteiger partial charge in [0.15, 0.2) is 0 Å². The molecule has 0 saturated heterocycles. The summed E-state index contributed by atoms with van der Waals surface area (Å²) < 4.78 is 80.8. The number of fused-ring (bicyclic) bond motifs is 1. The van der Waals surface area contributed by atoms with E-state index in [4.69, 9.17) is 0 Å². The molecule has 0 saturated carbocycles. The first-order valence-electron chi connectivity index (χ1n) is 13.6. The van der Waals surface area contributed by atoms with Crippen LogP contribution < -0.4 is 10.6 Å². The SMILES string of the molecule is CN1CC(CC(F)(F)F)c2[nH]c(-c3ccnc(NC(=O)C(CC(F)F)c4ccc(F)cc4)c3)c(Nc3ccccc3)c2C1=O. The van der Waals surface area contributed by atoms with Gasteiger partial charge in [-0.15, -0.1) is 0 Å². The molecule has 1 aliphatic heterocycles. The fraction of sp³-hybridized carbons (Fsp3) is 0.258. The molecule has 3 N–H and O–H groups in total. The number of para-hydroxylation sites is 1. The topological polar surface area (TPSA) is 90.1 Å². The minimum absolute atomic E-state index is 0.0256. The molecular weight excluding hydrogens is 588 g/mol. The van der Waals surface area contributed by atoms with Crippen LogP contribution in [0.3, 0.4) is 0 Å². The van der Waals surface area contributed by atoms with Crippen LogP contribution in [0.1, 0.15) is 46.3 Å². The van der Waals surface area contributed by atoms with Crippen molar-refractivity contribution in [1.82, 2.24) is 14.9 Å². The smallest absolute Gasteiger partial charge is 0.356 e. The molecule has 2 atom stereocenters. The Hall–Kier alpha value is -4.81. The van der Waals surface area contributed by atoms with Crippen LogP contribution in [0.2, 0.25) is 0 Å². The fourth-order valence-electron chi connectivity index (χ4n) is 5.33. The summed E-state index contributed by atoms with van der Waals surface area (Å²) in [6, 6.07) is 16.3. The predicted octanol–water partition coefficient (Wildman–Crippen LogP) is 7.46. The first kappa shape index (κ1) is 30.6. The largest absolute Gasteiger partial charge is 0.389 e. The number of likely N-dealkylation sites (N-methyl/N-ethyl adjacent to an activating group) is 1. The molecule has 2 unspecified atom stereocenters. The molecule has 0 fully saturated rings. The van der Waals surface area contributed by atoms with Gasteiger partial charge in [-0.3, -0.25) is 9.59 Å². The zero-order valence-corrected chi connectivity index (χ0v) is 23.3. The van der Waals surface area contributed by atoms with Crippen LogP contribution in [-0.4, -0.2) is 52.9 Å². The molecule has 0 aliphatic carbocycles. The third kappa shape index (κ3) is 6.87. The van der Waals surface area contributed by atoms with Crippen molar-refractivity contribution in [3.8, 4) is 11.3 Å². The van der Waals surface area contributed by atoms with Crippen molar-refractivity contribution in [3.05, 3.63) is 95.6 Å². The average molecular weight is 616 g/mol. The summed E-state index contributed by atoms with van der Waals surface area (Å²) in [7, 11) is 1.44. The van der Waals surface area contributed by atoms with Crippen LogP contribution in [0.5, 0.6) is 0 Å². The second-order valence-electron chi connectivity index (χ2n) is 10.5. The lowest BCUT2D eigenvalue weighted by atomic mass is 9.92. The van der Waals surface area contributed by atoms with Crippen molar-refractivity contribution in [2.24, 2.45) is 0 Å². The molecule has 3 heterocycles. The quantitative estimate of drug-likeness (QED) is 0.171. The van der Waals surface area contributed by atoms with Gasteiger partial charge in [-0.05, 0) is 42.0 Å². The molecule has 0 spiro atoms. The zero-order chi connectivity index (χ0) is 31.6. The normalized spacial score (nSPS) is 15.7. The Morgan fingerprint density at radius 3 is 2.45 bits per heavy atom. The summed E-state index contributed by atoms with van der Waals surface area (Å²) in [5.41, 5.74) is 1.80. The second-order valence-corrected chi connectivity index (χ2v) is 10.5. The maximum Gasteiger partial charge on any atom is 0.389 e. The highest BCUT2D eigenvalue weighted by atomic mass is 19.4. The minimum atomic E-state index is -4.49. The van der Waals surface area contributed by atoms with Gasteiger partial charge < -0.3 is 20.5 Å². The first-order chi connectivity index (χ1) is 20.9. The molecular formula is C31H27F6N5O2. The van der Waals surface area contributed by atoms with E-state index in [2.05, 4.69) is 20.6 Å². The van der Waals surface area contributed by atoms with E-state index in [1.165, 1.54) is 42.4 Å². The fourth-order valence-corrected chi connectivity index (χ4v) is 5.33. The number of nitrogens with zero attached hydrogens (tertiary/aromatic N) is 2. The second kappa shape index (κ2) is 12.4. The van der Waals surface area contributed by atoms with Crippen molar-refractivity contribution >= 4 is 29.0 Å². The minimum Gasteiger partial charge on any atom is -0.356 e. The molecule has 5 rings (SSSR count). The summed E-state index contributed by atoms with van der Waals surface area (Å²) in [5.74, 6) is -4.28. The van der Waals surface area contributed by atoms with Crippen LogP contribution in [0.25, 0.3) is 11.3 Å². The predicted molar refractivity (Wildman–Crippen MR) is 153 cm³/mol. The number of aromatic amines is 1. The summed E-state index contributed by atoms with van der Waals surface area (Å²) in [4.78, 5) is 34.9. The number of nitrogens with one attached hydrogen (secondary N) is 3. The van der Waals surface area contributed by atoms with Crippen LogP contribution in [-0.2, 0) is 4.79 Å². The number of amides is 2. The maximum absolute atomic E-state index is 13.5. The lowest BCUT2D eigenvalue weighted by Crippen LogP contribution is -2.38. The number of rotatable bonds is 9. The van der Waals surface area contributed by atoms with Crippen LogP contribution >= 0.6 is 0 Å². The molecule has 0 radical (unpaired) electrons. The Bertz CT molecular complexity index is 1640.